The molecule has 0 atom stereocenters. The zero-order valence-corrected chi connectivity index (χ0v) is 7.29. The highest BCUT2D eigenvalue weighted by atomic mass is 19.2. The second-order valence-electron chi connectivity index (χ2n) is 2.51. The number of ether oxygens (including phenoxy) is 1. The number of carbonyl (C=O) groups excluding carboxylic acids is 1. The Hall–Kier alpha value is -1.73. The molecule has 88 valence electrons. The van der Waals surface area contributed by atoms with Crippen LogP contribution in [0.2, 0.25) is 0 Å². The van der Waals surface area contributed by atoms with E-state index in [1.54, 1.807) is 0 Å². The highest BCUT2D eigenvalue weighted by molar-refractivity contribution is 5.73. The minimum atomic E-state index is -2.39. The summed E-state index contributed by atoms with van der Waals surface area (Å²) in [5.74, 6) is -15.2. The van der Waals surface area contributed by atoms with Gasteiger partial charge in [0.2, 0.25) is 34.8 Å². The van der Waals surface area contributed by atoms with Gasteiger partial charge in [0.15, 0.2) is 6.67 Å². The van der Waals surface area contributed by atoms with E-state index in [-0.39, 0.29) is 0 Å². The summed E-state index contributed by atoms with van der Waals surface area (Å²) >= 11 is 0. The maximum atomic E-state index is 12.8. The average Bonchev–Trinajstić information content (AvgIpc) is 2.29. The zero-order valence-electron chi connectivity index (χ0n) is 7.29. The predicted molar refractivity (Wildman–Crippen MR) is 37.8 cm³/mol. The van der Waals surface area contributed by atoms with Gasteiger partial charge in [-0.3, -0.25) is 0 Å². The smallest absolute Gasteiger partial charge is 0.343 e. The molecular weight excluding hydrogens is 242 g/mol. The lowest BCUT2D eigenvalue weighted by atomic mass is 10.2. The van der Waals surface area contributed by atoms with E-state index in [1.165, 1.54) is 0 Å². The van der Waals surface area contributed by atoms with Gasteiger partial charge in [-0.25, -0.2) is 22.4 Å². The van der Waals surface area contributed by atoms with E-state index in [0.717, 1.165) is 0 Å². The number of halogens is 6. The van der Waals surface area contributed by atoms with Crippen LogP contribution in [0.15, 0.2) is 0 Å². The molecule has 1 aromatic carbocycles. The van der Waals surface area contributed by atoms with Crippen molar-refractivity contribution < 1.29 is 35.9 Å². The van der Waals surface area contributed by atoms with Crippen molar-refractivity contribution in [3.63, 3.8) is 0 Å². The van der Waals surface area contributed by atoms with E-state index >= 15 is 0 Å². The maximum Gasteiger partial charge on any atom is 0.343 e. The van der Waals surface area contributed by atoms with E-state index in [0.29, 0.717) is 0 Å². The molecule has 0 amide bonds. The molecule has 0 bridgehead atoms. The van der Waals surface area contributed by atoms with Crippen LogP contribution >= 0.6 is 0 Å². The summed E-state index contributed by atoms with van der Waals surface area (Å²) in [6.07, 6.45) is 0. The van der Waals surface area contributed by atoms with Crippen molar-refractivity contribution >= 4 is 5.97 Å². The van der Waals surface area contributed by atoms with Crippen molar-refractivity contribution in [1.29, 1.82) is 0 Å². The van der Waals surface area contributed by atoms with Gasteiger partial charge in [0.1, 0.15) is 0 Å². The van der Waals surface area contributed by atoms with Gasteiger partial charge < -0.3 is 4.74 Å². The molecule has 8 heteroatoms. The summed E-state index contributed by atoms with van der Waals surface area (Å²) in [6, 6.07) is 0. The summed E-state index contributed by atoms with van der Waals surface area (Å²) in [4.78, 5) is 10.3. The third-order valence-electron chi connectivity index (χ3n) is 1.49. The van der Waals surface area contributed by atoms with Gasteiger partial charge in [-0.05, 0) is 0 Å². The Morgan fingerprint density at radius 2 is 1.25 bits per heavy atom. The Kier molecular flexibility index (Phi) is 3.41. The maximum absolute atomic E-state index is 12.8. The van der Waals surface area contributed by atoms with Gasteiger partial charge in [0.05, 0.1) is 0 Å². The van der Waals surface area contributed by atoms with Crippen LogP contribution in [0, 0.1) is 29.1 Å². The first-order valence-electron chi connectivity index (χ1n) is 3.68. The van der Waals surface area contributed by atoms with Gasteiger partial charge in [-0.15, -0.1) is 0 Å². The zero-order chi connectivity index (χ0) is 12.5. The topological polar surface area (TPSA) is 26.3 Å². The van der Waals surface area contributed by atoms with Gasteiger partial charge in [0.25, 0.3) is 0 Å². The summed E-state index contributed by atoms with van der Waals surface area (Å²) in [6.45, 7) is -1.76. The minimum Gasteiger partial charge on any atom is -0.418 e. The Bertz CT molecular complexity index is 416. The fraction of sp³-hybridized carbons (Fsp3) is 0.125. The molecule has 0 spiro atoms. The fourth-order valence-corrected chi connectivity index (χ4v) is 0.815. The van der Waals surface area contributed by atoms with Crippen molar-refractivity contribution in [2.75, 3.05) is 6.67 Å². The van der Waals surface area contributed by atoms with Gasteiger partial charge in [-0.1, -0.05) is 0 Å². The minimum absolute atomic E-state index is 1.76. The number of carbonyl (C=O) groups is 1. The largest absolute Gasteiger partial charge is 0.418 e. The molecular formula is C8H2F6O2. The van der Waals surface area contributed by atoms with E-state index in [9.17, 15) is 31.1 Å². The van der Waals surface area contributed by atoms with Crippen molar-refractivity contribution in [2.45, 2.75) is 0 Å². The van der Waals surface area contributed by atoms with Gasteiger partial charge in [-0.2, -0.15) is 8.78 Å². The van der Waals surface area contributed by atoms with Crippen molar-refractivity contribution in [1.82, 2.24) is 0 Å². The van der Waals surface area contributed by atoms with Gasteiger partial charge >= 0.3 is 5.97 Å². The highest BCUT2D eigenvalue weighted by Crippen LogP contribution is 2.29. The quantitative estimate of drug-likeness (QED) is 0.262. The molecule has 0 aromatic heterocycles. The Labute approximate surface area is 84.4 Å². The molecule has 0 saturated heterocycles. The average molecular weight is 244 g/mol. The second-order valence-corrected chi connectivity index (χ2v) is 2.51. The van der Waals surface area contributed by atoms with E-state index in [2.05, 4.69) is 4.74 Å². The molecule has 0 unspecified atom stereocenters. The highest BCUT2D eigenvalue weighted by Gasteiger charge is 2.28. The molecule has 0 saturated carbocycles. The van der Waals surface area contributed by atoms with Crippen LogP contribution in [0.3, 0.4) is 0 Å². The van der Waals surface area contributed by atoms with Crippen LogP contribution in [0.4, 0.5) is 26.3 Å². The predicted octanol–water partition coefficient (Wildman–Crippen LogP) is 2.26. The molecule has 2 nitrogen and oxygen atoms in total. The lowest BCUT2D eigenvalue weighted by Crippen LogP contribution is -2.14. The first-order valence-corrected chi connectivity index (χ1v) is 3.68. The van der Waals surface area contributed by atoms with Crippen LogP contribution in [-0.4, -0.2) is 12.6 Å². The first-order chi connectivity index (χ1) is 7.40. The molecule has 1 aromatic rings. The summed E-state index contributed by atoms with van der Waals surface area (Å²) in [5.41, 5.74) is 0. The number of benzene rings is 1. The molecule has 0 radical (unpaired) electrons. The van der Waals surface area contributed by atoms with E-state index < -0.39 is 47.5 Å². The van der Waals surface area contributed by atoms with Crippen LogP contribution in [0.1, 0.15) is 0 Å². The number of rotatable bonds is 2. The molecule has 1 rings (SSSR count). The van der Waals surface area contributed by atoms with Crippen LogP contribution in [-0.2, 0) is 4.79 Å². The molecule has 0 heterocycles. The normalized spacial score (nSPS) is 10.4. The molecule has 0 N–H and O–H groups in total. The van der Waals surface area contributed by atoms with E-state index in [1.807, 2.05) is 0 Å². The lowest BCUT2D eigenvalue weighted by Gasteiger charge is -2.06. The number of hydrogen-bond donors (Lipinski definition) is 0. The number of alkyl halides is 1. The number of esters is 1. The summed E-state index contributed by atoms with van der Waals surface area (Å²) in [5, 5.41) is 0. The molecule has 0 fully saturated rings. The van der Waals surface area contributed by atoms with Crippen LogP contribution in [0.5, 0.6) is 5.75 Å². The third kappa shape index (κ3) is 1.95. The first kappa shape index (κ1) is 12.3. The molecule has 16 heavy (non-hydrogen) atoms. The summed E-state index contributed by atoms with van der Waals surface area (Å²) in [7, 11) is 0. The van der Waals surface area contributed by atoms with Crippen LogP contribution in [0.25, 0.3) is 0 Å². The third-order valence-corrected chi connectivity index (χ3v) is 1.49. The number of hydrogen-bond acceptors (Lipinski definition) is 2. The monoisotopic (exact) mass is 244 g/mol. The van der Waals surface area contributed by atoms with Crippen LogP contribution < -0.4 is 4.74 Å². The molecule has 0 aliphatic rings. The Balaban J connectivity index is 3.34. The van der Waals surface area contributed by atoms with E-state index in [4.69, 9.17) is 0 Å². The van der Waals surface area contributed by atoms with Crippen molar-refractivity contribution in [3.8, 4) is 5.75 Å². The SMILES string of the molecule is O=C(CF)Oc1c(F)c(F)c(F)c(F)c1F. The Morgan fingerprint density at radius 1 is 0.875 bits per heavy atom. The molecule has 0 aliphatic carbocycles. The molecule has 0 aliphatic heterocycles. The standard InChI is InChI=1S/C8H2F6O2/c9-1-2(15)16-8-6(13)4(11)3(10)5(12)7(8)14/h1H2. The van der Waals surface area contributed by atoms with Gasteiger partial charge in [0, 0.05) is 0 Å². The second kappa shape index (κ2) is 4.42. The van der Waals surface area contributed by atoms with Crippen molar-refractivity contribution in [3.05, 3.63) is 29.1 Å². The fourth-order valence-electron chi connectivity index (χ4n) is 0.815. The Morgan fingerprint density at radius 3 is 1.62 bits per heavy atom. The van der Waals surface area contributed by atoms with Crippen molar-refractivity contribution in [2.24, 2.45) is 0 Å². The lowest BCUT2D eigenvalue weighted by molar-refractivity contribution is -0.135. The summed E-state index contributed by atoms with van der Waals surface area (Å²) < 4.78 is 78.3.